The predicted octanol–water partition coefficient (Wildman–Crippen LogP) is 3.10. The maximum absolute atomic E-state index is 12.4. The monoisotopic (exact) mass is 378 g/mol. The Balaban J connectivity index is 1.35. The van der Waals surface area contributed by atoms with Crippen molar-refractivity contribution in [2.75, 3.05) is 31.1 Å². The summed E-state index contributed by atoms with van der Waals surface area (Å²) >= 11 is 0. The number of rotatable bonds is 4. The van der Waals surface area contributed by atoms with E-state index in [4.69, 9.17) is 4.42 Å². The topological polar surface area (TPSA) is 92.7 Å². The number of benzene rings is 2. The van der Waals surface area contributed by atoms with Gasteiger partial charge in [0.05, 0.1) is 4.92 Å². The molecule has 0 saturated carbocycles. The van der Waals surface area contributed by atoms with Crippen LogP contribution in [-0.4, -0.2) is 46.9 Å². The Hall–Kier alpha value is -3.68. The van der Waals surface area contributed by atoms with E-state index in [1.165, 1.54) is 18.2 Å². The maximum Gasteiger partial charge on any atom is 0.269 e. The minimum atomic E-state index is -0.413. The third-order valence-corrected chi connectivity index (χ3v) is 4.70. The Labute approximate surface area is 160 Å². The number of nitro benzene ring substituents is 1. The van der Waals surface area contributed by atoms with Gasteiger partial charge >= 0.3 is 0 Å². The molecule has 8 heteroatoms. The number of hydrogen-bond donors (Lipinski definition) is 0. The van der Waals surface area contributed by atoms with Gasteiger partial charge in [0.2, 0.25) is 11.8 Å². The van der Waals surface area contributed by atoms with Crippen LogP contribution in [0, 0.1) is 10.1 Å². The zero-order valence-corrected chi connectivity index (χ0v) is 15.0. The number of aromatic nitrogens is 1. The highest BCUT2D eigenvalue weighted by Crippen LogP contribution is 2.21. The Morgan fingerprint density at radius 1 is 1.07 bits per heavy atom. The fourth-order valence-corrected chi connectivity index (χ4v) is 3.18. The maximum atomic E-state index is 12.4. The first-order chi connectivity index (χ1) is 13.6. The van der Waals surface area contributed by atoms with Crippen LogP contribution in [0.1, 0.15) is 5.89 Å². The largest absolute Gasteiger partial charge is 0.437 e. The van der Waals surface area contributed by atoms with Crippen LogP contribution in [0.25, 0.3) is 17.2 Å². The lowest BCUT2D eigenvalue weighted by Crippen LogP contribution is -2.48. The van der Waals surface area contributed by atoms with Crippen molar-refractivity contribution in [2.45, 2.75) is 0 Å². The number of fused-ring (bicyclic) bond motifs is 1. The lowest BCUT2D eigenvalue weighted by atomic mass is 10.2. The van der Waals surface area contributed by atoms with E-state index in [1.54, 1.807) is 23.1 Å². The Bertz CT molecular complexity index is 1000. The van der Waals surface area contributed by atoms with Gasteiger partial charge in [0.1, 0.15) is 5.52 Å². The summed E-state index contributed by atoms with van der Waals surface area (Å²) in [7, 11) is 0. The van der Waals surface area contributed by atoms with Crippen molar-refractivity contribution in [1.82, 2.24) is 9.88 Å². The first-order valence-electron chi connectivity index (χ1n) is 8.92. The number of nitrogens with zero attached hydrogens (tertiary/aromatic N) is 4. The van der Waals surface area contributed by atoms with Crippen molar-refractivity contribution in [3.8, 4) is 0 Å². The fraction of sp³-hybridized carbons (Fsp3) is 0.200. The van der Waals surface area contributed by atoms with Gasteiger partial charge in [-0.1, -0.05) is 12.1 Å². The van der Waals surface area contributed by atoms with Crippen LogP contribution in [-0.2, 0) is 4.79 Å². The van der Waals surface area contributed by atoms with Crippen LogP contribution in [0.2, 0.25) is 0 Å². The van der Waals surface area contributed by atoms with Gasteiger partial charge in [-0.3, -0.25) is 14.9 Å². The number of para-hydroxylation sites is 2. The molecule has 1 amide bonds. The van der Waals surface area contributed by atoms with E-state index in [1.807, 2.05) is 24.3 Å². The summed E-state index contributed by atoms with van der Waals surface area (Å²) in [5, 5.41) is 10.8. The molecule has 3 aromatic rings. The van der Waals surface area contributed by atoms with Crippen LogP contribution < -0.4 is 4.90 Å². The molecule has 0 atom stereocenters. The first-order valence-corrected chi connectivity index (χ1v) is 8.92. The molecule has 2 heterocycles. The lowest BCUT2D eigenvalue weighted by molar-refractivity contribution is -0.384. The van der Waals surface area contributed by atoms with Gasteiger partial charge in [-0.15, -0.1) is 0 Å². The normalized spacial score (nSPS) is 14.7. The molecule has 4 rings (SSSR count). The van der Waals surface area contributed by atoms with Crippen molar-refractivity contribution in [3.05, 3.63) is 70.6 Å². The molecule has 28 heavy (non-hydrogen) atoms. The van der Waals surface area contributed by atoms with E-state index in [0.29, 0.717) is 37.7 Å². The fourth-order valence-electron chi connectivity index (χ4n) is 3.18. The average molecular weight is 378 g/mol. The van der Waals surface area contributed by atoms with E-state index in [2.05, 4.69) is 9.88 Å². The van der Waals surface area contributed by atoms with Crippen molar-refractivity contribution in [2.24, 2.45) is 0 Å². The van der Waals surface area contributed by atoms with Gasteiger partial charge in [-0.25, -0.2) is 4.98 Å². The lowest BCUT2D eigenvalue weighted by Gasteiger charge is -2.35. The SMILES string of the molecule is O=C(/C=C/c1nc2ccccc2o1)N1CCN(c2ccc([N+](=O)[O-])cc2)CC1. The second-order valence-corrected chi connectivity index (χ2v) is 6.44. The smallest absolute Gasteiger partial charge is 0.269 e. The van der Waals surface area contributed by atoms with E-state index < -0.39 is 4.92 Å². The number of non-ortho nitro benzene ring substituents is 1. The van der Waals surface area contributed by atoms with Gasteiger partial charge < -0.3 is 14.2 Å². The molecule has 2 aromatic carbocycles. The average Bonchev–Trinajstić information content (AvgIpc) is 3.15. The molecular weight excluding hydrogens is 360 g/mol. The zero-order valence-electron chi connectivity index (χ0n) is 15.0. The summed E-state index contributed by atoms with van der Waals surface area (Å²) in [5.74, 6) is 0.310. The van der Waals surface area contributed by atoms with Gasteiger partial charge in [-0.05, 0) is 24.3 Å². The molecule has 1 aliphatic heterocycles. The number of oxazole rings is 1. The number of amides is 1. The number of carbonyl (C=O) groups excluding carboxylic acids is 1. The Kier molecular flexibility index (Phi) is 4.76. The molecule has 1 aliphatic rings. The molecule has 0 spiro atoms. The number of nitro groups is 1. The molecule has 8 nitrogen and oxygen atoms in total. The van der Waals surface area contributed by atoms with Gasteiger partial charge in [0.25, 0.3) is 5.69 Å². The molecule has 0 unspecified atom stereocenters. The van der Waals surface area contributed by atoms with Gasteiger partial charge in [0.15, 0.2) is 5.58 Å². The highest BCUT2D eigenvalue weighted by Gasteiger charge is 2.20. The molecule has 1 saturated heterocycles. The number of anilines is 1. The third kappa shape index (κ3) is 3.71. The Morgan fingerprint density at radius 3 is 2.46 bits per heavy atom. The molecule has 0 radical (unpaired) electrons. The molecule has 0 aliphatic carbocycles. The van der Waals surface area contributed by atoms with Crippen molar-refractivity contribution >= 4 is 34.5 Å². The van der Waals surface area contributed by atoms with Crippen molar-refractivity contribution in [1.29, 1.82) is 0 Å². The number of carbonyl (C=O) groups is 1. The quantitative estimate of drug-likeness (QED) is 0.393. The van der Waals surface area contributed by atoms with Crippen LogP contribution in [0.5, 0.6) is 0 Å². The van der Waals surface area contributed by atoms with Gasteiger partial charge in [-0.2, -0.15) is 0 Å². The molecule has 142 valence electrons. The summed E-state index contributed by atoms with van der Waals surface area (Å²) in [6, 6.07) is 13.9. The molecule has 1 fully saturated rings. The molecular formula is C20H18N4O4. The molecule has 1 aromatic heterocycles. The van der Waals surface area contributed by atoms with E-state index >= 15 is 0 Å². The summed E-state index contributed by atoms with van der Waals surface area (Å²) < 4.78 is 5.58. The summed E-state index contributed by atoms with van der Waals surface area (Å²) in [6.07, 6.45) is 3.07. The van der Waals surface area contributed by atoms with Crippen LogP contribution >= 0.6 is 0 Å². The standard InChI is InChI=1S/C20H18N4O4/c25-20(10-9-19-21-17-3-1-2-4-18(17)28-19)23-13-11-22(12-14-23)15-5-7-16(8-6-15)24(26)27/h1-10H,11-14H2/b10-9+. The number of piperazine rings is 1. The molecule has 0 bridgehead atoms. The highest BCUT2D eigenvalue weighted by molar-refractivity contribution is 5.91. The highest BCUT2D eigenvalue weighted by atomic mass is 16.6. The zero-order chi connectivity index (χ0) is 19.5. The van der Waals surface area contributed by atoms with E-state index in [9.17, 15) is 14.9 Å². The van der Waals surface area contributed by atoms with Crippen LogP contribution in [0.15, 0.2) is 59.0 Å². The van der Waals surface area contributed by atoms with E-state index in [-0.39, 0.29) is 11.6 Å². The first kappa shape index (κ1) is 17.7. The Morgan fingerprint density at radius 2 is 1.79 bits per heavy atom. The second-order valence-electron chi connectivity index (χ2n) is 6.44. The minimum absolute atomic E-state index is 0.0712. The summed E-state index contributed by atoms with van der Waals surface area (Å²) in [5.41, 5.74) is 2.43. The predicted molar refractivity (Wildman–Crippen MR) is 105 cm³/mol. The molecule has 0 N–H and O–H groups in total. The van der Waals surface area contributed by atoms with Crippen LogP contribution in [0.4, 0.5) is 11.4 Å². The number of hydrogen-bond acceptors (Lipinski definition) is 6. The summed E-state index contributed by atoms with van der Waals surface area (Å²) in [6.45, 7) is 2.49. The van der Waals surface area contributed by atoms with Crippen molar-refractivity contribution in [3.63, 3.8) is 0 Å². The summed E-state index contributed by atoms with van der Waals surface area (Å²) in [4.78, 5) is 31.0. The van der Waals surface area contributed by atoms with Crippen LogP contribution in [0.3, 0.4) is 0 Å². The van der Waals surface area contributed by atoms with Gasteiger partial charge in [0, 0.05) is 56.2 Å². The minimum Gasteiger partial charge on any atom is -0.437 e. The third-order valence-electron chi connectivity index (χ3n) is 4.70. The second kappa shape index (κ2) is 7.51. The van der Waals surface area contributed by atoms with E-state index in [0.717, 1.165) is 11.2 Å². The van der Waals surface area contributed by atoms with Crippen molar-refractivity contribution < 1.29 is 14.1 Å².